The maximum absolute atomic E-state index is 11.0. The number of unbranched alkanes of at least 4 members (excludes halogenated alkanes) is 5. The van der Waals surface area contributed by atoms with Crippen molar-refractivity contribution in [1.82, 2.24) is 0 Å². The van der Waals surface area contributed by atoms with Crippen molar-refractivity contribution >= 4 is 15.6 Å². The summed E-state index contributed by atoms with van der Waals surface area (Å²) in [5.41, 5.74) is 0. The van der Waals surface area contributed by atoms with E-state index in [2.05, 4.69) is 15.8 Å². The van der Waals surface area contributed by atoms with E-state index in [1.54, 1.807) is 0 Å². The van der Waals surface area contributed by atoms with Crippen LogP contribution >= 0.6 is 15.6 Å². The highest BCUT2D eigenvalue weighted by Crippen LogP contribution is 2.57. The first-order valence-corrected chi connectivity index (χ1v) is 8.53. The molecule has 3 N–H and O–H groups in total. The van der Waals surface area contributed by atoms with Gasteiger partial charge in [-0.1, -0.05) is 39.0 Å². The standard InChI is InChI=1S/C8H20O7P2/c1-2-3-4-5-6-7-8-14-17(12,13)15-16(9,10)11/h2-8H2,1H3,(H,12,13)(H2,9,10,11). The molecule has 1 atom stereocenters. The molecule has 0 aromatic rings. The largest absolute Gasteiger partial charge is 0.481 e. The lowest BCUT2D eigenvalue weighted by molar-refractivity contribution is 0.176. The molecule has 0 saturated carbocycles. The monoisotopic (exact) mass is 290 g/mol. The Morgan fingerprint density at radius 1 is 0.941 bits per heavy atom. The fourth-order valence-corrected chi connectivity index (χ4v) is 2.84. The Labute approximate surface area is 101 Å². The quantitative estimate of drug-likeness (QED) is 0.418. The van der Waals surface area contributed by atoms with Gasteiger partial charge >= 0.3 is 15.6 Å². The zero-order valence-corrected chi connectivity index (χ0v) is 11.6. The summed E-state index contributed by atoms with van der Waals surface area (Å²) in [7, 11) is -9.63. The van der Waals surface area contributed by atoms with Gasteiger partial charge in [-0.05, 0) is 6.42 Å². The minimum atomic E-state index is -5.00. The molecule has 0 aromatic carbocycles. The van der Waals surface area contributed by atoms with Crippen molar-refractivity contribution in [3.05, 3.63) is 0 Å². The second-order valence-corrected chi connectivity index (χ2v) is 6.47. The van der Waals surface area contributed by atoms with Gasteiger partial charge in [0.05, 0.1) is 6.61 Å². The van der Waals surface area contributed by atoms with Crippen molar-refractivity contribution in [3.63, 3.8) is 0 Å². The van der Waals surface area contributed by atoms with Gasteiger partial charge in [0.1, 0.15) is 0 Å². The van der Waals surface area contributed by atoms with E-state index in [9.17, 15) is 9.13 Å². The van der Waals surface area contributed by atoms with Crippen molar-refractivity contribution in [2.45, 2.75) is 45.4 Å². The molecule has 0 spiro atoms. The second-order valence-electron chi connectivity index (χ2n) is 3.64. The van der Waals surface area contributed by atoms with Crippen LogP contribution in [0.15, 0.2) is 0 Å². The zero-order valence-electron chi connectivity index (χ0n) is 9.82. The van der Waals surface area contributed by atoms with Crippen molar-refractivity contribution in [2.24, 2.45) is 0 Å². The maximum Gasteiger partial charge on any atom is 0.481 e. The molecule has 7 nitrogen and oxygen atoms in total. The molecule has 0 rings (SSSR count). The van der Waals surface area contributed by atoms with E-state index in [1.165, 1.54) is 0 Å². The number of phosphoric ester groups is 1. The zero-order chi connectivity index (χ0) is 13.4. The average molecular weight is 290 g/mol. The number of hydrogen-bond donors (Lipinski definition) is 3. The molecule has 0 amide bonds. The van der Waals surface area contributed by atoms with Gasteiger partial charge in [-0.2, -0.15) is 4.31 Å². The van der Waals surface area contributed by atoms with E-state index < -0.39 is 15.6 Å². The average Bonchev–Trinajstić information content (AvgIpc) is 2.12. The van der Waals surface area contributed by atoms with Crippen LogP contribution in [0.5, 0.6) is 0 Å². The van der Waals surface area contributed by atoms with Crippen LogP contribution in [0.1, 0.15) is 45.4 Å². The second kappa shape index (κ2) is 8.38. The summed E-state index contributed by atoms with van der Waals surface area (Å²) in [6, 6.07) is 0. The van der Waals surface area contributed by atoms with E-state index in [1.807, 2.05) is 0 Å². The molecule has 0 bridgehead atoms. The van der Waals surface area contributed by atoms with Crippen molar-refractivity contribution in [3.8, 4) is 0 Å². The lowest BCUT2D eigenvalue weighted by Gasteiger charge is -2.12. The Bertz CT molecular complexity index is 288. The predicted octanol–water partition coefficient (Wildman–Crippen LogP) is 2.57. The first-order chi connectivity index (χ1) is 7.77. The van der Waals surface area contributed by atoms with Gasteiger partial charge in [0.25, 0.3) is 0 Å². The highest BCUT2D eigenvalue weighted by molar-refractivity contribution is 7.60. The molecule has 0 aliphatic rings. The number of rotatable bonds is 10. The summed E-state index contributed by atoms with van der Waals surface area (Å²) in [5, 5.41) is 0. The summed E-state index contributed by atoms with van der Waals surface area (Å²) in [5.74, 6) is 0. The van der Waals surface area contributed by atoms with Gasteiger partial charge in [0.15, 0.2) is 0 Å². The molecule has 0 aliphatic carbocycles. The molecular formula is C8H20O7P2. The van der Waals surface area contributed by atoms with Crippen LogP contribution in [0.2, 0.25) is 0 Å². The van der Waals surface area contributed by atoms with Gasteiger partial charge in [-0.25, -0.2) is 9.13 Å². The molecule has 1 unspecified atom stereocenters. The SMILES string of the molecule is CCCCCCCCOP(=O)(O)OP(=O)(O)O. The van der Waals surface area contributed by atoms with Gasteiger partial charge in [-0.3, -0.25) is 4.52 Å². The summed E-state index contributed by atoms with van der Waals surface area (Å²) in [4.78, 5) is 25.6. The summed E-state index contributed by atoms with van der Waals surface area (Å²) < 4.78 is 29.3. The maximum atomic E-state index is 11.0. The summed E-state index contributed by atoms with van der Waals surface area (Å²) in [6.07, 6.45) is 5.80. The van der Waals surface area contributed by atoms with E-state index >= 15 is 0 Å². The van der Waals surface area contributed by atoms with Gasteiger partial charge in [-0.15, -0.1) is 0 Å². The van der Waals surface area contributed by atoms with Gasteiger partial charge in [0.2, 0.25) is 0 Å². The topological polar surface area (TPSA) is 113 Å². The van der Waals surface area contributed by atoms with E-state index in [0.29, 0.717) is 6.42 Å². The fraction of sp³-hybridized carbons (Fsp3) is 1.00. The Morgan fingerprint density at radius 3 is 2.00 bits per heavy atom. The summed E-state index contributed by atoms with van der Waals surface area (Å²) in [6.45, 7) is 2.05. The molecule has 104 valence electrons. The first kappa shape index (κ1) is 17.3. The van der Waals surface area contributed by atoms with E-state index in [0.717, 1.165) is 32.1 Å². The Kier molecular flexibility index (Phi) is 8.51. The van der Waals surface area contributed by atoms with Gasteiger partial charge in [0, 0.05) is 0 Å². The van der Waals surface area contributed by atoms with Crippen molar-refractivity contribution in [1.29, 1.82) is 0 Å². The number of phosphoric acid groups is 2. The van der Waals surface area contributed by atoms with E-state index in [4.69, 9.17) is 14.7 Å². The van der Waals surface area contributed by atoms with Crippen LogP contribution in [0, 0.1) is 0 Å². The molecule has 0 aromatic heterocycles. The lowest BCUT2D eigenvalue weighted by atomic mass is 10.1. The highest BCUT2D eigenvalue weighted by Gasteiger charge is 2.31. The van der Waals surface area contributed by atoms with Crippen LogP contribution in [0.3, 0.4) is 0 Å². The highest BCUT2D eigenvalue weighted by atomic mass is 31.3. The Morgan fingerprint density at radius 2 is 1.47 bits per heavy atom. The minimum Gasteiger partial charge on any atom is -0.302 e. The third kappa shape index (κ3) is 12.5. The normalized spacial score (nSPS) is 15.8. The van der Waals surface area contributed by atoms with Crippen LogP contribution in [-0.2, 0) is 18.0 Å². The van der Waals surface area contributed by atoms with Crippen LogP contribution < -0.4 is 0 Å². The van der Waals surface area contributed by atoms with Gasteiger partial charge < -0.3 is 14.7 Å². The molecule has 0 radical (unpaired) electrons. The first-order valence-electron chi connectivity index (χ1n) is 5.51. The van der Waals surface area contributed by atoms with Crippen LogP contribution in [-0.4, -0.2) is 21.3 Å². The third-order valence-corrected chi connectivity index (χ3v) is 4.15. The third-order valence-electron chi connectivity index (χ3n) is 1.96. The van der Waals surface area contributed by atoms with Crippen molar-refractivity contribution < 1.29 is 32.6 Å². The predicted molar refractivity (Wildman–Crippen MR) is 62.3 cm³/mol. The minimum absolute atomic E-state index is 0.0557. The molecule has 9 heteroatoms. The van der Waals surface area contributed by atoms with E-state index in [-0.39, 0.29) is 6.61 Å². The lowest BCUT2D eigenvalue weighted by Crippen LogP contribution is -1.96. The molecule has 0 fully saturated rings. The Hall–Kier alpha value is 0.260. The fourth-order valence-electron chi connectivity index (χ4n) is 1.22. The van der Waals surface area contributed by atoms with Crippen LogP contribution in [0.25, 0.3) is 0 Å². The van der Waals surface area contributed by atoms with Crippen molar-refractivity contribution in [2.75, 3.05) is 6.61 Å². The molecule has 0 saturated heterocycles. The molecular weight excluding hydrogens is 270 g/mol. The number of hydrogen-bond acceptors (Lipinski definition) is 4. The molecule has 17 heavy (non-hydrogen) atoms. The Balaban J connectivity index is 3.60. The van der Waals surface area contributed by atoms with Crippen LogP contribution in [0.4, 0.5) is 0 Å². The smallest absolute Gasteiger partial charge is 0.302 e. The summed E-state index contributed by atoms with van der Waals surface area (Å²) >= 11 is 0. The molecule has 0 heterocycles. The molecule has 0 aliphatic heterocycles.